The predicted octanol–water partition coefficient (Wildman–Crippen LogP) is 3.38. The van der Waals surface area contributed by atoms with Crippen molar-refractivity contribution in [2.75, 3.05) is 0 Å². The summed E-state index contributed by atoms with van der Waals surface area (Å²) in [6.45, 7) is 0. The third kappa shape index (κ3) is 3.36. The maximum Gasteiger partial charge on any atom is 0.305 e. The van der Waals surface area contributed by atoms with Crippen molar-refractivity contribution in [1.29, 1.82) is 0 Å². The molecule has 204 valence electrons. The highest BCUT2D eigenvalue weighted by atomic mass is 16.7. The Morgan fingerprint density at radius 2 is 1.30 bits per heavy atom. The zero-order chi connectivity index (χ0) is 27.9. The summed E-state index contributed by atoms with van der Waals surface area (Å²) in [7, 11) is 0. The second-order valence-electron chi connectivity index (χ2n) is 10.2. The topological polar surface area (TPSA) is 169 Å². The van der Waals surface area contributed by atoms with E-state index in [4.69, 9.17) is 14.2 Å². The van der Waals surface area contributed by atoms with Gasteiger partial charge in [-0.1, -0.05) is 12.1 Å². The second-order valence-corrected chi connectivity index (χ2v) is 10.2. The molecule has 0 saturated heterocycles. The van der Waals surface area contributed by atoms with E-state index in [-0.39, 0.29) is 58.0 Å². The number of phenolic OH excluding ortho intramolecular Hbond substituents is 5. The largest absolute Gasteiger partial charge is 0.508 e. The molecule has 4 aromatic carbocycles. The smallest absolute Gasteiger partial charge is 0.305 e. The van der Waals surface area contributed by atoms with Gasteiger partial charge >= 0.3 is 5.79 Å². The summed E-state index contributed by atoms with van der Waals surface area (Å²) in [6, 6.07) is 15.8. The lowest BCUT2D eigenvalue weighted by Crippen LogP contribution is -2.57. The first kappa shape index (κ1) is 24.3. The first-order chi connectivity index (χ1) is 19.2. The SMILES string of the molecule is Oc1ccc([C@@H]2Oc3c(c(O)cc4c3[C@H]3c5c(O)cc(O)cc5O[C@@](c5ccc(O)cc5)(O4)[C@@H]3O)C[C@H]2O)cc1. The standard InChI is InChI=1S/C30H24O10/c31-15-5-1-13(2-6-15)27-21(36)11-18-19(34)12-23-25(28(18)38-27)26-24-20(35)9-17(33)10-22(24)39-30(40-23,29(26)37)14-3-7-16(32)8-4-14/h1-10,12,21,26-27,29,31-37H,11H2/t21-,26-,27+,29-,30+/m1/s1. The normalized spacial score (nSPS) is 25.9. The van der Waals surface area contributed by atoms with E-state index in [1.54, 1.807) is 12.1 Å². The number of hydrogen-bond acceptors (Lipinski definition) is 10. The Morgan fingerprint density at radius 3 is 1.98 bits per heavy atom. The lowest BCUT2D eigenvalue weighted by molar-refractivity contribution is -0.219. The number of benzene rings is 4. The third-order valence-corrected chi connectivity index (χ3v) is 7.82. The minimum absolute atomic E-state index is 0.0107. The van der Waals surface area contributed by atoms with Gasteiger partial charge in [0.2, 0.25) is 0 Å². The molecule has 0 unspecified atom stereocenters. The quantitative estimate of drug-likeness (QED) is 0.199. The maximum atomic E-state index is 11.9. The molecular weight excluding hydrogens is 520 g/mol. The van der Waals surface area contributed by atoms with Gasteiger partial charge in [-0.25, -0.2) is 0 Å². The molecule has 2 bridgehead atoms. The molecule has 3 aliphatic rings. The highest BCUT2D eigenvalue weighted by molar-refractivity contribution is 5.67. The van der Waals surface area contributed by atoms with Crippen molar-refractivity contribution in [3.8, 4) is 46.0 Å². The van der Waals surface area contributed by atoms with Crippen LogP contribution in [-0.2, 0) is 12.2 Å². The summed E-state index contributed by atoms with van der Waals surface area (Å²) in [5.41, 5.74) is 1.69. The highest BCUT2D eigenvalue weighted by Crippen LogP contribution is 2.62. The molecule has 0 aromatic heterocycles. The molecule has 4 aromatic rings. The summed E-state index contributed by atoms with van der Waals surface area (Å²) >= 11 is 0. The maximum absolute atomic E-state index is 11.9. The van der Waals surface area contributed by atoms with Gasteiger partial charge in [0.05, 0.1) is 12.0 Å². The van der Waals surface area contributed by atoms with Crippen molar-refractivity contribution in [3.05, 3.63) is 94.5 Å². The van der Waals surface area contributed by atoms with Crippen molar-refractivity contribution in [3.63, 3.8) is 0 Å². The summed E-state index contributed by atoms with van der Waals surface area (Å²) in [6.07, 6.45) is -3.38. The molecule has 0 fully saturated rings. The van der Waals surface area contributed by atoms with Gasteiger partial charge in [0, 0.05) is 46.9 Å². The fraction of sp³-hybridized carbons (Fsp3) is 0.200. The van der Waals surface area contributed by atoms with Crippen molar-refractivity contribution >= 4 is 0 Å². The van der Waals surface area contributed by atoms with Gasteiger partial charge in [-0.2, -0.15) is 0 Å². The van der Waals surface area contributed by atoms with Gasteiger partial charge < -0.3 is 50.0 Å². The Kier molecular flexibility index (Phi) is 5.06. The van der Waals surface area contributed by atoms with Crippen LogP contribution in [0, 0.1) is 0 Å². The monoisotopic (exact) mass is 544 g/mol. The van der Waals surface area contributed by atoms with Crippen LogP contribution >= 0.6 is 0 Å². The molecule has 0 amide bonds. The Labute approximate surface area is 227 Å². The molecule has 7 rings (SSSR count). The molecule has 0 saturated carbocycles. The van der Waals surface area contributed by atoms with E-state index >= 15 is 0 Å². The van der Waals surface area contributed by atoms with E-state index in [0.29, 0.717) is 22.3 Å². The average molecular weight is 545 g/mol. The zero-order valence-electron chi connectivity index (χ0n) is 20.7. The van der Waals surface area contributed by atoms with Crippen LogP contribution in [0.3, 0.4) is 0 Å². The van der Waals surface area contributed by atoms with Crippen LogP contribution in [0.25, 0.3) is 0 Å². The molecule has 40 heavy (non-hydrogen) atoms. The van der Waals surface area contributed by atoms with Crippen LogP contribution in [0.2, 0.25) is 0 Å². The average Bonchev–Trinajstić information content (AvgIpc) is 2.90. The minimum atomic E-state index is -1.89. The van der Waals surface area contributed by atoms with Crippen LogP contribution in [0.15, 0.2) is 66.7 Å². The summed E-state index contributed by atoms with van der Waals surface area (Å²) < 4.78 is 18.9. The summed E-state index contributed by atoms with van der Waals surface area (Å²) in [5.74, 6) is -3.36. The van der Waals surface area contributed by atoms with E-state index in [2.05, 4.69) is 0 Å². The van der Waals surface area contributed by atoms with Crippen molar-refractivity contribution in [2.45, 2.75) is 36.4 Å². The molecule has 0 spiro atoms. The number of fused-ring (bicyclic) bond motifs is 8. The van der Waals surface area contributed by atoms with Crippen LogP contribution in [0.5, 0.6) is 46.0 Å². The highest BCUT2D eigenvalue weighted by Gasteiger charge is 2.60. The van der Waals surface area contributed by atoms with Crippen LogP contribution in [-0.4, -0.2) is 48.0 Å². The fourth-order valence-electron chi connectivity index (χ4n) is 5.99. The molecule has 5 atom stereocenters. The summed E-state index contributed by atoms with van der Waals surface area (Å²) in [5, 5.41) is 74.7. The van der Waals surface area contributed by atoms with E-state index in [0.717, 1.165) is 6.07 Å². The Morgan fingerprint density at radius 1 is 0.675 bits per heavy atom. The van der Waals surface area contributed by atoms with Crippen molar-refractivity contribution in [1.82, 2.24) is 0 Å². The van der Waals surface area contributed by atoms with Gasteiger partial charge in [-0.15, -0.1) is 0 Å². The lowest BCUT2D eigenvalue weighted by atomic mass is 9.74. The van der Waals surface area contributed by atoms with Gasteiger partial charge in [0.15, 0.2) is 0 Å². The molecule has 3 aliphatic heterocycles. The predicted molar refractivity (Wildman–Crippen MR) is 138 cm³/mol. The first-order valence-electron chi connectivity index (χ1n) is 12.6. The number of ether oxygens (including phenoxy) is 3. The minimum Gasteiger partial charge on any atom is -0.508 e. The van der Waals surface area contributed by atoms with Crippen LogP contribution in [0.4, 0.5) is 0 Å². The number of aromatic hydroxyl groups is 5. The first-order valence-corrected chi connectivity index (χ1v) is 12.6. The number of aliphatic hydroxyl groups excluding tert-OH is 2. The lowest BCUT2D eigenvalue weighted by Gasteiger charge is -2.50. The van der Waals surface area contributed by atoms with Gasteiger partial charge in [-0.05, 0) is 42.0 Å². The number of rotatable bonds is 2. The Hall–Kier alpha value is -4.80. The molecule has 3 heterocycles. The Balaban J connectivity index is 1.47. The number of hydrogen-bond donors (Lipinski definition) is 7. The van der Waals surface area contributed by atoms with Crippen LogP contribution < -0.4 is 14.2 Å². The Bertz CT molecular complexity index is 1650. The zero-order valence-corrected chi connectivity index (χ0v) is 20.7. The van der Waals surface area contributed by atoms with Gasteiger partial charge in [0.25, 0.3) is 0 Å². The molecule has 7 N–H and O–H groups in total. The number of aliphatic hydroxyl groups is 2. The van der Waals surface area contributed by atoms with Crippen molar-refractivity contribution < 1.29 is 50.0 Å². The van der Waals surface area contributed by atoms with Crippen molar-refractivity contribution in [2.24, 2.45) is 0 Å². The van der Waals surface area contributed by atoms with E-state index in [1.165, 1.54) is 48.5 Å². The van der Waals surface area contributed by atoms with Crippen LogP contribution in [0.1, 0.15) is 39.8 Å². The van der Waals surface area contributed by atoms with E-state index < -0.39 is 30.0 Å². The molecule has 0 aliphatic carbocycles. The number of phenols is 5. The molecular formula is C30H24O10. The van der Waals surface area contributed by atoms with E-state index in [9.17, 15) is 35.7 Å². The second kappa shape index (κ2) is 8.35. The molecule has 10 nitrogen and oxygen atoms in total. The van der Waals surface area contributed by atoms with Gasteiger partial charge in [0.1, 0.15) is 58.2 Å². The molecule has 0 radical (unpaired) electrons. The fourth-order valence-corrected chi connectivity index (χ4v) is 5.99. The summed E-state index contributed by atoms with van der Waals surface area (Å²) in [4.78, 5) is 0. The van der Waals surface area contributed by atoms with E-state index in [1.807, 2.05) is 0 Å². The third-order valence-electron chi connectivity index (χ3n) is 7.82. The van der Waals surface area contributed by atoms with Gasteiger partial charge in [-0.3, -0.25) is 0 Å². The molecule has 10 heteroatoms.